The topological polar surface area (TPSA) is 31.2 Å². The molecule has 0 saturated carbocycles. The number of rotatable bonds is 4. The van der Waals surface area contributed by atoms with Gasteiger partial charge in [-0.25, -0.2) is 0 Å². The Kier molecular flexibility index (Phi) is 4.05. The summed E-state index contributed by atoms with van der Waals surface area (Å²) in [5.74, 6) is 0.730. The Bertz CT molecular complexity index is 863. The van der Waals surface area contributed by atoms with Crippen molar-refractivity contribution in [2.75, 3.05) is 6.61 Å². The van der Waals surface area contributed by atoms with Crippen molar-refractivity contribution in [1.29, 1.82) is 0 Å². The van der Waals surface area contributed by atoms with E-state index in [-0.39, 0.29) is 5.56 Å². The number of aryl methyl sites for hydroxylation is 1. The van der Waals surface area contributed by atoms with Crippen LogP contribution in [0.1, 0.15) is 5.56 Å². The Balaban J connectivity index is 1.79. The average Bonchev–Trinajstić information content (AvgIpc) is 2.56. The maximum atomic E-state index is 12.1. The molecule has 1 aromatic heterocycles. The Morgan fingerprint density at radius 2 is 1.82 bits per heavy atom. The predicted octanol–water partition coefficient (Wildman–Crippen LogP) is 3.63. The van der Waals surface area contributed by atoms with E-state index in [0.717, 1.165) is 16.7 Å². The van der Waals surface area contributed by atoms with Crippen molar-refractivity contribution in [2.45, 2.75) is 0 Å². The maximum Gasteiger partial charge on any atom is 0.258 e. The van der Waals surface area contributed by atoms with Crippen LogP contribution in [0, 0.1) is 0 Å². The number of hydrogen-bond acceptors (Lipinski definition) is 2. The Morgan fingerprint density at radius 1 is 1.00 bits per heavy atom. The molecule has 0 bridgehead atoms. The zero-order valence-electron chi connectivity index (χ0n) is 12.4. The third-order valence-electron chi connectivity index (χ3n) is 3.53. The van der Waals surface area contributed by atoms with Crippen molar-refractivity contribution in [2.24, 2.45) is 7.05 Å². The van der Waals surface area contributed by atoms with Crippen molar-refractivity contribution >= 4 is 16.8 Å². The lowest BCUT2D eigenvalue weighted by atomic mass is 10.1. The Labute approximate surface area is 129 Å². The summed E-state index contributed by atoms with van der Waals surface area (Å²) in [6, 6.07) is 17.5. The van der Waals surface area contributed by atoms with Crippen LogP contribution in [0.5, 0.6) is 5.75 Å². The highest BCUT2D eigenvalue weighted by Gasteiger charge is 2.05. The fraction of sp³-hybridized carbons (Fsp3) is 0.105. The first-order valence-electron chi connectivity index (χ1n) is 7.18. The molecule has 0 fully saturated rings. The molecular formula is C19H17NO2. The van der Waals surface area contributed by atoms with Gasteiger partial charge in [-0.1, -0.05) is 42.5 Å². The van der Waals surface area contributed by atoms with Gasteiger partial charge in [-0.05, 0) is 29.8 Å². The molecule has 0 amide bonds. The summed E-state index contributed by atoms with van der Waals surface area (Å²) in [5, 5.41) is 1.52. The van der Waals surface area contributed by atoms with Crippen molar-refractivity contribution in [3.8, 4) is 5.75 Å². The van der Waals surface area contributed by atoms with Gasteiger partial charge in [0.15, 0.2) is 0 Å². The molecule has 0 radical (unpaired) electrons. The van der Waals surface area contributed by atoms with E-state index in [2.05, 4.69) is 0 Å². The number of fused-ring (bicyclic) bond motifs is 1. The zero-order valence-corrected chi connectivity index (χ0v) is 12.4. The highest BCUT2D eigenvalue weighted by molar-refractivity contribution is 5.87. The Hall–Kier alpha value is -2.81. The third kappa shape index (κ3) is 2.93. The van der Waals surface area contributed by atoms with Crippen LogP contribution in [0.25, 0.3) is 16.8 Å². The maximum absolute atomic E-state index is 12.1. The molecule has 0 saturated heterocycles. The van der Waals surface area contributed by atoms with Crippen LogP contribution in [0.4, 0.5) is 0 Å². The highest BCUT2D eigenvalue weighted by atomic mass is 16.5. The summed E-state index contributed by atoms with van der Waals surface area (Å²) in [4.78, 5) is 12.1. The first kappa shape index (κ1) is 14.1. The molecule has 0 aliphatic rings. The fourth-order valence-corrected chi connectivity index (χ4v) is 2.36. The van der Waals surface area contributed by atoms with Crippen molar-refractivity contribution in [3.05, 3.63) is 82.8 Å². The monoisotopic (exact) mass is 291 g/mol. The van der Waals surface area contributed by atoms with Gasteiger partial charge in [0.05, 0.1) is 5.39 Å². The van der Waals surface area contributed by atoms with E-state index in [4.69, 9.17) is 4.74 Å². The van der Waals surface area contributed by atoms with Crippen LogP contribution in [0.3, 0.4) is 0 Å². The van der Waals surface area contributed by atoms with Crippen LogP contribution in [-0.2, 0) is 7.05 Å². The summed E-state index contributed by atoms with van der Waals surface area (Å²) in [6.07, 6.45) is 5.75. The van der Waals surface area contributed by atoms with Crippen LogP contribution < -0.4 is 10.3 Å². The highest BCUT2D eigenvalue weighted by Crippen LogP contribution is 2.22. The van der Waals surface area contributed by atoms with Gasteiger partial charge in [0.1, 0.15) is 12.4 Å². The number of hydrogen-bond donors (Lipinski definition) is 0. The number of aromatic nitrogens is 1. The van der Waals surface area contributed by atoms with Gasteiger partial charge in [-0.15, -0.1) is 0 Å². The summed E-state index contributed by atoms with van der Waals surface area (Å²) in [6.45, 7) is 0.462. The van der Waals surface area contributed by atoms with Gasteiger partial charge >= 0.3 is 0 Å². The SMILES string of the molecule is Cn1ccc2c(OC/C=C/c3ccccc3)cccc2c1=O. The predicted molar refractivity (Wildman–Crippen MR) is 90.2 cm³/mol. The number of benzene rings is 2. The number of nitrogens with zero attached hydrogens (tertiary/aromatic N) is 1. The minimum absolute atomic E-state index is 0.0113. The molecule has 2 aromatic carbocycles. The molecule has 3 aromatic rings. The molecule has 3 heteroatoms. The van der Waals surface area contributed by atoms with Crippen molar-refractivity contribution in [1.82, 2.24) is 4.57 Å². The second kappa shape index (κ2) is 6.31. The minimum atomic E-state index is -0.0113. The quantitative estimate of drug-likeness (QED) is 0.735. The molecule has 3 nitrogen and oxygen atoms in total. The third-order valence-corrected chi connectivity index (χ3v) is 3.53. The molecule has 0 atom stereocenters. The van der Waals surface area contributed by atoms with Crippen molar-refractivity contribution in [3.63, 3.8) is 0 Å². The molecule has 1 heterocycles. The molecule has 0 unspecified atom stereocenters. The zero-order chi connectivity index (χ0) is 15.4. The molecular weight excluding hydrogens is 274 g/mol. The molecule has 110 valence electrons. The van der Waals surface area contributed by atoms with Gasteiger partial charge in [0.2, 0.25) is 0 Å². The van der Waals surface area contributed by atoms with Gasteiger partial charge in [0, 0.05) is 18.6 Å². The molecule has 0 spiro atoms. The second-order valence-corrected chi connectivity index (χ2v) is 5.07. The first-order chi connectivity index (χ1) is 10.8. The summed E-state index contributed by atoms with van der Waals surface area (Å²) >= 11 is 0. The molecule has 0 aliphatic carbocycles. The van der Waals surface area contributed by atoms with Crippen molar-refractivity contribution < 1.29 is 4.74 Å². The van der Waals surface area contributed by atoms with Gasteiger partial charge in [0.25, 0.3) is 5.56 Å². The summed E-state index contributed by atoms with van der Waals surface area (Å²) in [7, 11) is 1.75. The van der Waals surface area contributed by atoms with E-state index in [0.29, 0.717) is 12.0 Å². The minimum Gasteiger partial charge on any atom is -0.489 e. The molecule has 0 N–H and O–H groups in total. The molecule has 0 aliphatic heterocycles. The van der Waals surface area contributed by atoms with Gasteiger partial charge in [-0.2, -0.15) is 0 Å². The lowest BCUT2D eigenvalue weighted by Gasteiger charge is -2.08. The van der Waals surface area contributed by atoms with E-state index in [1.54, 1.807) is 17.8 Å². The van der Waals surface area contributed by atoms with E-state index in [1.165, 1.54) is 0 Å². The first-order valence-corrected chi connectivity index (χ1v) is 7.18. The van der Waals surface area contributed by atoms with Crippen LogP contribution in [0.2, 0.25) is 0 Å². The fourth-order valence-electron chi connectivity index (χ4n) is 2.36. The summed E-state index contributed by atoms with van der Waals surface area (Å²) in [5.41, 5.74) is 1.13. The van der Waals surface area contributed by atoms with E-state index in [9.17, 15) is 4.79 Å². The Morgan fingerprint density at radius 3 is 2.64 bits per heavy atom. The normalized spacial score (nSPS) is 11.1. The molecule has 3 rings (SSSR count). The van der Waals surface area contributed by atoms with Crippen LogP contribution >= 0.6 is 0 Å². The van der Waals surface area contributed by atoms with Crippen LogP contribution in [0.15, 0.2) is 71.7 Å². The summed E-state index contributed by atoms with van der Waals surface area (Å²) < 4.78 is 7.37. The lowest BCUT2D eigenvalue weighted by Crippen LogP contribution is -2.15. The largest absolute Gasteiger partial charge is 0.489 e. The lowest BCUT2D eigenvalue weighted by molar-refractivity contribution is 0.368. The standard InChI is InChI=1S/C19H17NO2/c1-20-13-12-16-17(19(20)21)10-5-11-18(16)22-14-6-9-15-7-3-2-4-8-15/h2-13H,14H2,1H3/b9-6+. The number of pyridine rings is 1. The van der Waals surface area contributed by atoms with E-state index >= 15 is 0 Å². The van der Waals surface area contributed by atoms with Gasteiger partial charge in [-0.3, -0.25) is 4.79 Å². The second-order valence-electron chi connectivity index (χ2n) is 5.07. The van der Waals surface area contributed by atoms with Crippen LogP contribution in [-0.4, -0.2) is 11.2 Å². The molecule has 22 heavy (non-hydrogen) atoms. The van der Waals surface area contributed by atoms with E-state index in [1.807, 2.05) is 66.7 Å². The van der Waals surface area contributed by atoms with E-state index < -0.39 is 0 Å². The smallest absolute Gasteiger partial charge is 0.258 e. The van der Waals surface area contributed by atoms with Gasteiger partial charge < -0.3 is 9.30 Å². The average molecular weight is 291 g/mol. The number of ether oxygens (including phenoxy) is 1.